The van der Waals surface area contributed by atoms with Crippen LogP contribution in [0.25, 0.3) is 0 Å². The number of piperidine rings is 1. The molecular formula is C19H26N2OS. The van der Waals surface area contributed by atoms with Crippen molar-refractivity contribution in [1.29, 1.82) is 0 Å². The lowest BCUT2D eigenvalue weighted by molar-refractivity contribution is 0.152. The number of likely N-dealkylation sites (tertiary alicyclic amines) is 1. The van der Waals surface area contributed by atoms with E-state index >= 15 is 0 Å². The second-order valence-electron chi connectivity index (χ2n) is 6.33. The summed E-state index contributed by atoms with van der Waals surface area (Å²) in [7, 11) is 0. The Morgan fingerprint density at radius 1 is 1.17 bits per heavy atom. The molecule has 23 heavy (non-hydrogen) atoms. The van der Waals surface area contributed by atoms with Gasteiger partial charge in [0.2, 0.25) is 0 Å². The van der Waals surface area contributed by atoms with Crippen molar-refractivity contribution in [3.63, 3.8) is 0 Å². The first-order valence-electron chi connectivity index (χ1n) is 8.51. The molecular weight excluding hydrogens is 304 g/mol. The Kier molecular flexibility index (Phi) is 6.22. The van der Waals surface area contributed by atoms with E-state index in [9.17, 15) is 5.11 Å². The minimum Gasteiger partial charge on any atom is -0.387 e. The van der Waals surface area contributed by atoms with E-state index in [0.29, 0.717) is 12.6 Å². The molecule has 0 amide bonds. The monoisotopic (exact) mass is 330 g/mol. The van der Waals surface area contributed by atoms with Crippen molar-refractivity contribution in [2.24, 2.45) is 0 Å². The Morgan fingerprint density at radius 2 is 1.96 bits per heavy atom. The van der Waals surface area contributed by atoms with Crippen LogP contribution in [0.5, 0.6) is 0 Å². The van der Waals surface area contributed by atoms with Crippen molar-refractivity contribution >= 4 is 11.3 Å². The summed E-state index contributed by atoms with van der Waals surface area (Å²) in [5.74, 6) is 0. The molecule has 1 unspecified atom stereocenters. The second-order valence-corrected chi connectivity index (χ2v) is 7.11. The molecule has 2 aromatic rings. The molecule has 1 aromatic carbocycles. The summed E-state index contributed by atoms with van der Waals surface area (Å²) in [6, 6.07) is 13.3. The minimum absolute atomic E-state index is 0.377. The number of thiophene rings is 1. The van der Waals surface area contributed by atoms with Gasteiger partial charge in [-0.25, -0.2) is 0 Å². The summed E-state index contributed by atoms with van der Waals surface area (Å²) in [6.07, 6.45) is 3.10. The van der Waals surface area contributed by atoms with E-state index in [4.69, 9.17) is 0 Å². The Morgan fingerprint density at radius 3 is 2.65 bits per heavy atom. The number of aliphatic hydroxyl groups is 1. The van der Waals surface area contributed by atoms with Gasteiger partial charge in [-0.15, -0.1) is 0 Å². The van der Waals surface area contributed by atoms with Gasteiger partial charge in [0.1, 0.15) is 0 Å². The average molecular weight is 330 g/mol. The van der Waals surface area contributed by atoms with Crippen molar-refractivity contribution in [3.05, 3.63) is 58.3 Å². The number of benzene rings is 1. The Hall–Kier alpha value is -1.20. The highest BCUT2D eigenvalue weighted by atomic mass is 32.1. The quantitative estimate of drug-likeness (QED) is 0.819. The van der Waals surface area contributed by atoms with Gasteiger partial charge in [0.25, 0.3) is 0 Å². The van der Waals surface area contributed by atoms with Crippen LogP contribution in [0.4, 0.5) is 0 Å². The topological polar surface area (TPSA) is 35.5 Å². The maximum absolute atomic E-state index is 10.1. The van der Waals surface area contributed by atoms with Gasteiger partial charge < -0.3 is 15.3 Å². The lowest BCUT2D eigenvalue weighted by Gasteiger charge is -2.32. The Balaban J connectivity index is 1.34. The first kappa shape index (κ1) is 16.7. The normalized spacial score (nSPS) is 18.1. The molecule has 0 spiro atoms. The van der Waals surface area contributed by atoms with E-state index in [1.807, 2.05) is 16.8 Å². The average Bonchev–Trinajstić information content (AvgIpc) is 3.14. The van der Waals surface area contributed by atoms with Crippen LogP contribution in [0.3, 0.4) is 0 Å². The van der Waals surface area contributed by atoms with Gasteiger partial charge in [0.05, 0.1) is 6.10 Å². The van der Waals surface area contributed by atoms with Gasteiger partial charge in [0.15, 0.2) is 0 Å². The van der Waals surface area contributed by atoms with Gasteiger partial charge in [-0.3, -0.25) is 0 Å². The highest BCUT2D eigenvalue weighted by Gasteiger charge is 2.19. The number of aliphatic hydroxyl groups excluding tert-OH is 1. The summed E-state index contributed by atoms with van der Waals surface area (Å²) in [6.45, 7) is 4.11. The molecule has 1 atom stereocenters. The molecule has 1 aliphatic rings. The summed E-state index contributed by atoms with van der Waals surface area (Å²) < 4.78 is 0. The van der Waals surface area contributed by atoms with Crippen molar-refractivity contribution in [3.8, 4) is 0 Å². The standard InChI is InChI=1S/C19H26N2OS/c22-19(17-9-13-23-15-17)14-20-18-7-11-21(12-8-18)10-6-16-4-2-1-3-5-16/h1-5,9,13,15,18-20,22H,6-8,10-12,14H2. The lowest BCUT2D eigenvalue weighted by atomic mass is 10.0. The summed E-state index contributed by atoms with van der Waals surface area (Å²) in [4.78, 5) is 2.56. The maximum atomic E-state index is 10.1. The zero-order valence-corrected chi connectivity index (χ0v) is 14.3. The number of rotatable bonds is 7. The van der Waals surface area contributed by atoms with E-state index in [2.05, 4.69) is 40.5 Å². The maximum Gasteiger partial charge on any atom is 0.0922 e. The van der Waals surface area contributed by atoms with E-state index in [-0.39, 0.29) is 6.10 Å². The lowest BCUT2D eigenvalue weighted by Crippen LogP contribution is -2.44. The van der Waals surface area contributed by atoms with Gasteiger partial charge >= 0.3 is 0 Å². The number of hydrogen-bond donors (Lipinski definition) is 2. The first-order chi connectivity index (χ1) is 11.3. The number of nitrogens with one attached hydrogen (secondary N) is 1. The summed E-state index contributed by atoms with van der Waals surface area (Å²) in [5, 5.41) is 17.7. The van der Waals surface area contributed by atoms with Crippen molar-refractivity contribution in [1.82, 2.24) is 10.2 Å². The van der Waals surface area contributed by atoms with Crippen molar-refractivity contribution < 1.29 is 5.11 Å². The van der Waals surface area contributed by atoms with Crippen LogP contribution in [-0.4, -0.2) is 42.2 Å². The Bertz CT molecular complexity index is 550. The van der Waals surface area contributed by atoms with Gasteiger partial charge in [-0.2, -0.15) is 11.3 Å². The summed E-state index contributed by atoms with van der Waals surface area (Å²) in [5.41, 5.74) is 2.45. The van der Waals surface area contributed by atoms with Gasteiger partial charge in [-0.1, -0.05) is 30.3 Å². The highest BCUT2D eigenvalue weighted by Crippen LogP contribution is 2.17. The third-order valence-electron chi connectivity index (χ3n) is 4.67. The molecule has 124 valence electrons. The predicted octanol–water partition coefficient (Wildman–Crippen LogP) is 3.08. The van der Waals surface area contributed by atoms with Crippen LogP contribution in [-0.2, 0) is 6.42 Å². The predicted molar refractivity (Wildman–Crippen MR) is 96.9 cm³/mol. The fourth-order valence-electron chi connectivity index (χ4n) is 3.15. The van der Waals surface area contributed by atoms with Crippen LogP contribution < -0.4 is 5.32 Å². The summed E-state index contributed by atoms with van der Waals surface area (Å²) >= 11 is 1.64. The van der Waals surface area contributed by atoms with Crippen molar-refractivity contribution in [2.45, 2.75) is 31.4 Å². The fourth-order valence-corrected chi connectivity index (χ4v) is 3.86. The van der Waals surface area contributed by atoms with E-state index in [1.165, 1.54) is 18.4 Å². The fraction of sp³-hybridized carbons (Fsp3) is 0.474. The van der Waals surface area contributed by atoms with Crippen LogP contribution in [0, 0.1) is 0 Å². The number of nitrogens with zero attached hydrogens (tertiary/aromatic N) is 1. The van der Waals surface area contributed by atoms with Crippen LogP contribution in [0.15, 0.2) is 47.2 Å². The third kappa shape index (κ3) is 5.15. The van der Waals surface area contributed by atoms with E-state index in [1.54, 1.807) is 11.3 Å². The van der Waals surface area contributed by atoms with Crippen LogP contribution >= 0.6 is 11.3 Å². The van der Waals surface area contributed by atoms with Crippen LogP contribution in [0.2, 0.25) is 0 Å². The second kappa shape index (κ2) is 8.60. The smallest absolute Gasteiger partial charge is 0.0922 e. The van der Waals surface area contributed by atoms with E-state index < -0.39 is 0 Å². The minimum atomic E-state index is -0.377. The zero-order valence-electron chi connectivity index (χ0n) is 13.5. The molecule has 2 N–H and O–H groups in total. The molecule has 1 aromatic heterocycles. The van der Waals surface area contributed by atoms with E-state index in [0.717, 1.165) is 31.6 Å². The zero-order chi connectivity index (χ0) is 15.9. The molecule has 4 heteroatoms. The highest BCUT2D eigenvalue weighted by molar-refractivity contribution is 7.07. The van der Waals surface area contributed by atoms with Gasteiger partial charge in [0, 0.05) is 19.1 Å². The molecule has 1 fully saturated rings. The molecule has 0 radical (unpaired) electrons. The molecule has 0 bridgehead atoms. The molecule has 0 saturated carbocycles. The first-order valence-corrected chi connectivity index (χ1v) is 9.45. The largest absolute Gasteiger partial charge is 0.387 e. The number of hydrogen-bond acceptors (Lipinski definition) is 4. The third-order valence-corrected chi connectivity index (χ3v) is 5.38. The molecule has 2 heterocycles. The molecule has 1 saturated heterocycles. The Labute approximate surface area is 143 Å². The van der Waals surface area contributed by atoms with Gasteiger partial charge in [-0.05, 0) is 60.3 Å². The molecule has 1 aliphatic heterocycles. The van der Waals surface area contributed by atoms with Crippen molar-refractivity contribution in [2.75, 3.05) is 26.2 Å². The SMILES string of the molecule is OC(CNC1CCN(CCc2ccccc2)CC1)c1ccsc1. The molecule has 0 aliphatic carbocycles. The molecule has 3 nitrogen and oxygen atoms in total. The molecule has 3 rings (SSSR count). The van der Waals surface area contributed by atoms with Crippen LogP contribution in [0.1, 0.15) is 30.1 Å².